The Kier molecular flexibility index (Phi) is 1.28. The Balaban J connectivity index is 2.09. The summed E-state index contributed by atoms with van der Waals surface area (Å²) in [6.07, 6.45) is 1.17. The van der Waals surface area contributed by atoms with Crippen molar-refractivity contribution in [1.82, 2.24) is 0 Å². The SMILES string of the molecule is FC12CC(Cl)(Cl)CCC1O2. The third kappa shape index (κ3) is 1.03. The minimum atomic E-state index is -1.48. The van der Waals surface area contributed by atoms with Crippen molar-refractivity contribution < 1.29 is 9.13 Å². The summed E-state index contributed by atoms with van der Waals surface area (Å²) in [5.74, 6) is -1.48. The molecule has 1 aliphatic carbocycles. The highest BCUT2D eigenvalue weighted by molar-refractivity contribution is 6.48. The summed E-state index contributed by atoms with van der Waals surface area (Å²) in [7, 11) is 0. The van der Waals surface area contributed by atoms with Gasteiger partial charge in [-0.3, -0.25) is 0 Å². The maximum absolute atomic E-state index is 13.0. The van der Waals surface area contributed by atoms with Crippen LogP contribution in [0.5, 0.6) is 0 Å². The van der Waals surface area contributed by atoms with Crippen LogP contribution in [-0.2, 0) is 4.74 Å². The van der Waals surface area contributed by atoms with Gasteiger partial charge in [0.25, 0.3) is 0 Å². The summed E-state index contributed by atoms with van der Waals surface area (Å²) in [5.41, 5.74) is 0. The van der Waals surface area contributed by atoms with Gasteiger partial charge >= 0.3 is 0 Å². The van der Waals surface area contributed by atoms with Crippen LogP contribution in [0.15, 0.2) is 0 Å². The molecule has 2 rings (SSSR count). The highest BCUT2D eigenvalue weighted by atomic mass is 35.5. The molecule has 2 fully saturated rings. The number of rotatable bonds is 0. The van der Waals surface area contributed by atoms with Gasteiger partial charge in [-0.15, -0.1) is 23.2 Å². The maximum atomic E-state index is 13.0. The fourth-order valence-electron chi connectivity index (χ4n) is 1.42. The van der Waals surface area contributed by atoms with Crippen molar-refractivity contribution in [3.63, 3.8) is 0 Å². The molecular weight excluding hydrogens is 178 g/mol. The first-order valence-electron chi connectivity index (χ1n) is 3.26. The molecule has 0 bridgehead atoms. The molecule has 1 saturated carbocycles. The summed E-state index contributed by atoms with van der Waals surface area (Å²) >= 11 is 11.5. The molecule has 2 atom stereocenters. The average molecular weight is 185 g/mol. The van der Waals surface area contributed by atoms with Crippen LogP contribution in [0.3, 0.4) is 0 Å². The number of hydrogen-bond donors (Lipinski definition) is 0. The molecule has 10 heavy (non-hydrogen) atoms. The van der Waals surface area contributed by atoms with E-state index in [0.29, 0.717) is 12.8 Å². The van der Waals surface area contributed by atoms with Gasteiger partial charge in [0.2, 0.25) is 5.85 Å². The Morgan fingerprint density at radius 2 is 2.20 bits per heavy atom. The zero-order valence-electron chi connectivity index (χ0n) is 5.24. The van der Waals surface area contributed by atoms with E-state index < -0.39 is 10.2 Å². The van der Waals surface area contributed by atoms with Crippen LogP contribution in [-0.4, -0.2) is 16.3 Å². The third-order valence-corrected chi connectivity index (χ3v) is 2.68. The van der Waals surface area contributed by atoms with Crippen molar-refractivity contribution in [2.24, 2.45) is 0 Å². The fraction of sp³-hybridized carbons (Fsp3) is 1.00. The van der Waals surface area contributed by atoms with Crippen LogP contribution < -0.4 is 0 Å². The maximum Gasteiger partial charge on any atom is 0.239 e. The van der Waals surface area contributed by atoms with E-state index in [1.54, 1.807) is 0 Å². The average Bonchev–Trinajstić information content (AvgIpc) is 2.35. The van der Waals surface area contributed by atoms with Crippen molar-refractivity contribution in [3.8, 4) is 0 Å². The molecule has 1 heterocycles. The van der Waals surface area contributed by atoms with Crippen molar-refractivity contribution in [1.29, 1.82) is 0 Å². The summed E-state index contributed by atoms with van der Waals surface area (Å²) in [5, 5.41) is 0. The predicted octanol–water partition coefficient (Wildman–Crippen LogP) is 2.41. The van der Waals surface area contributed by atoms with E-state index in [-0.39, 0.29) is 12.5 Å². The van der Waals surface area contributed by atoms with Crippen LogP contribution in [0.1, 0.15) is 19.3 Å². The molecule has 0 aromatic heterocycles. The minimum absolute atomic E-state index is 0.119. The lowest BCUT2D eigenvalue weighted by molar-refractivity contribution is 0.124. The summed E-state index contributed by atoms with van der Waals surface area (Å²) in [6.45, 7) is 0. The smallest absolute Gasteiger partial charge is 0.239 e. The first-order valence-corrected chi connectivity index (χ1v) is 4.02. The molecule has 2 unspecified atom stereocenters. The normalized spacial score (nSPS) is 50.1. The predicted molar refractivity (Wildman–Crippen MR) is 37.0 cm³/mol. The second-order valence-electron chi connectivity index (χ2n) is 2.96. The standard InChI is InChI=1S/C6H7Cl2FO/c7-5(8)2-1-4-6(9,3-5)10-4/h4H,1-3H2. The summed E-state index contributed by atoms with van der Waals surface area (Å²) < 4.78 is 16.9. The highest BCUT2D eigenvalue weighted by Crippen LogP contribution is 2.55. The molecule has 0 amide bonds. The number of fused-ring (bicyclic) bond motifs is 1. The second kappa shape index (κ2) is 1.79. The van der Waals surface area contributed by atoms with Gasteiger partial charge in [-0.1, -0.05) is 0 Å². The molecule has 58 valence electrons. The molecule has 1 aliphatic heterocycles. The van der Waals surface area contributed by atoms with Crippen molar-refractivity contribution in [3.05, 3.63) is 0 Å². The lowest BCUT2D eigenvalue weighted by atomic mass is 9.98. The fourth-order valence-corrected chi connectivity index (χ4v) is 2.00. The lowest BCUT2D eigenvalue weighted by Gasteiger charge is -2.23. The minimum Gasteiger partial charge on any atom is -0.334 e. The van der Waals surface area contributed by atoms with Crippen LogP contribution in [0.25, 0.3) is 0 Å². The number of epoxide rings is 1. The Hall–Kier alpha value is 0.470. The monoisotopic (exact) mass is 184 g/mol. The number of hydrogen-bond acceptors (Lipinski definition) is 1. The summed E-state index contributed by atoms with van der Waals surface area (Å²) in [6, 6.07) is 0. The van der Waals surface area contributed by atoms with Gasteiger partial charge in [0, 0.05) is 6.42 Å². The van der Waals surface area contributed by atoms with E-state index in [0.717, 1.165) is 0 Å². The number of ether oxygens (including phenoxy) is 1. The first-order chi connectivity index (χ1) is 4.52. The van der Waals surface area contributed by atoms with Crippen LogP contribution in [0.2, 0.25) is 0 Å². The van der Waals surface area contributed by atoms with Crippen LogP contribution >= 0.6 is 23.2 Å². The van der Waals surface area contributed by atoms with Gasteiger partial charge in [0.15, 0.2) is 0 Å². The zero-order chi connectivity index (χ0) is 7.41. The molecule has 1 saturated heterocycles. The van der Waals surface area contributed by atoms with Gasteiger partial charge in [0.1, 0.15) is 10.4 Å². The van der Waals surface area contributed by atoms with Gasteiger partial charge < -0.3 is 4.74 Å². The molecule has 0 aromatic rings. The van der Waals surface area contributed by atoms with Gasteiger partial charge in [-0.25, -0.2) is 4.39 Å². The van der Waals surface area contributed by atoms with Crippen LogP contribution in [0.4, 0.5) is 4.39 Å². The molecule has 0 radical (unpaired) electrons. The quantitative estimate of drug-likeness (QED) is 0.417. The molecule has 4 heteroatoms. The first kappa shape index (κ1) is 7.14. The van der Waals surface area contributed by atoms with Gasteiger partial charge in [-0.05, 0) is 12.8 Å². The number of halogens is 3. The van der Waals surface area contributed by atoms with Gasteiger partial charge in [-0.2, -0.15) is 0 Å². The van der Waals surface area contributed by atoms with Crippen molar-refractivity contribution in [2.75, 3.05) is 0 Å². The van der Waals surface area contributed by atoms with E-state index in [1.807, 2.05) is 0 Å². The molecular formula is C6H7Cl2FO. The van der Waals surface area contributed by atoms with E-state index in [4.69, 9.17) is 27.9 Å². The topological polar surface area (TPSA) is 12.5 Å². The highest BCUT2D eigenvalue weighted by Gasteiger charge is 2.64. The molecule has 0 aromatic carbocycles. The Labute approximate surface area is 68.4 Å². The number of alkyl halides is 3. The van der Waals surface area contributed by atoms with E-state index >= 15 is 0 Å². The molecule has 1 nitrogen and oxygen atoms in total. The van der Waals surface area contributed by atoms with Crippen molar-refractivity contribution in [2.45, 2.75) is 35.6 Å². The lowest BCUT2D eigenvalue weighted by Crippen LogP contribution is -2.28. The van der Waals surface area contributed by atoms with E-state index in [1.165, 1.54) is 0 Å². The Morgan fingerprint density at radius 3 is 2.70 bits per heavy atom. The Bertz CT molecular complexity index is 170. The van der Waals surface area contributed by atoms with E-state index in [9.17, 15) is 4.39 Å². The van der Waals surface area contributed by atoms with Gasteiger partial charge in [0.05, 0.1) is 0 Å². The Morgan fingerprint density at radius 1 is 1.50 bits per heavy atom. The zero-order valence-corrected chi connectivity index (χ0v) is 6.75. The molecule has 0 spiro atoms. The van der Waals surface area contributed by atoms with Crippen LogP contribution in [0, 0.1) is 0 Å². The molecule has 2 aliphatic rings. The second-order valence-corrected chi connectivity index (χ2v) is 4.60. The summed E-state index contributed by atoms with van der Waals surface area (Å²) in [4.78, 5) is 0. The largest absolute Gasteiger partial charge is 0.334 e. The third-order valence-electron chi connectivity index (χ3n) is 2.03. The van der Waals surface area contributed by atoms with Crippen molar-refractivity contribution >= 4 is 23.2 Å². The van der Waals surface area contributed by atoms with E-state index in [2.05, 4.69) is 0 Å². The molecule has 0 N–H and O–H groups in total.